The lowest BCUT2D eigenvalue weighted by Gasteiger charge is -2.24. The van der Waals surface area contributed by atoms with Gasteiger partial charge < -0.3 is 10.1 Å². The Bertz CT molecular complexity index is 694. The van der Waals surface area contributed by atoms with Gasteiger partial charge in [0.1, 0.15) is 6.10 Å². The normalized spacial score (nSPS) is 17.1. The molecule has 0 unspecified atom stereocenters. The first-order chi connectivity index (χ1) is 11.0. The Hall–Kier alpha value is -1.85. The van der Waals surface area contributed by atoms with Gasteiger partial charge in [0, 0.05) is 11.6 Å². The topological polar surface area (TPSA) is 56.2 Å². The smallest absolute Gasteiger partial charge is 0.271 e. The maximum Gasteiger partial charge on any atom is 0.271 e. The van der Waals surface area contributed by atoms with Crippen molar-refractivity contribution < 1.29 is 9.53 Å². The number of ether oxygens (including phenoxy) is 1. The van der Waals surface area contributed by atoms with E-state index in [0.717, 1.165) is 11.3 Å². The van der Waals surface area contributed by atoms with Gasteiger partial charge in [0.15, 0.2) is 5.69 Å². The zero-order valence-corrected chi connectivity index (χ0v) is 14.0. The van der Waals surface area contributed by atoms with E-state index in [9.17, 15) is 4.79 Å². The van der Waals surface area contributed by atoms with Crippen molar-refractivity contribution in [2.75, 3.05) is 6.54 Å². The summed E-state index contributed by atoms with van der Waals surface area (Å²) in [6, 6.07) is 9.41. The summed E-state index contributed by atoms with van der Waals surface area (Å²) < 4.78 is 7.74. The molecule has 1 aliphatic heterocycles. The van der Waals surface area contributed by atoms with Crippen LogP contribution in [-0.4, -0.2) is 22.2 Å². The lowest BCUT2D eigenvalue weighted by atomic mass is 10.1. The number of carbonyl (C=O) groups excluding carboxylic acids is 1. The highest BCUT2D eigenvalue weighted by molar-refractivity contribution is 6.30. The fourth-order valence-corrected chi connectivity index (χ4v) is 2.63. The monoisotopic (exact) mass is 333 g/mol. The second kappa shape index (κ2) is 6.72. The highest BCUT2D eigenvalue weighted by Crippen LogP contribution is 2.27. The Labute approximate surface area is 140 Å². The average Bonchev–Trinajstić information content (AvgIpc) is 2.96. The molecule has 0 spiro atoms. The number of aromatic nitrogens is 2. The van der Waals surface area contributed by atoms with Crippen LogP contribution in [0.4, 0.5) is 0 Å². The lowest BCUT2D eigenvalue weighted by Crippen LogP contribution is -2.28. The van der Waals surface area contributed by atoms with Gasteiger partial charge in [0.05, 0.1) is 18.8 Å². The summed E-state index contributed by atoms with van der Waals surface area (Å²) in [6.45, 7) is 5.79. The first kappa shape index (κ1) is 16.0. The second-order valence-electron chi connectivity index (χ2n) is 6.16. The van der Waals surface area contributed by atoms with Crippen molar-refractivity contribution >= 4 is 17.5 Å². The third-order valence-corrected chi connectivity index (χ3v) is 4.03. The summed E-state index contributed by atoms with van der Waals surface area (Å²) in [7, 11) is 0. The van der Waals surface area contributed by atoms with Gasteiger partial charge in [0.2, 0.25) is 0 Å². The minimum atomic E-state index is -0.136. The van der Waals surface area contributed by atoms with Crippen LogP contribution in [0.25, 0.3) is 0 Å². The molecule has 23 heavy (non-hydrogen) atoms. The van der Waals surface area contributed by atoms with Gasteiger partial charge in [0.25, 0.3) is 5.91 Å². The number of nitrogens with one attached hydrogen (secondary N) is 1. The van der Waals surface area contributed by atoms with Gasteiger partial charge in [-0.15, -0.1) is 0 Å². The van der Waals surface area contributed by atoms with Gasteiger partial charge in [-0.05, 0) is 29.7 Å². The first-order valence-corrected chi connectivity index (χ1v) is 8.12. The number of carbonyl (C=O) groups is 1. The molecule has 1 aliphatic rings. The SMILES string of the molecule is CC(C)CNC(=O)c1cc2n(n1)C[C@@H](c1ccc(Cl)cc1)OC2. The molecule has 1 amide bonds. The number of halogens is 1. The van der Waals surface area contributed by atoms with Crippen LogP contribution in [0.15, 0.2) is 30.3 Å². The first-order valence-electron chi connectivity index (χ1n) is 7.75. The molecule has 1 atom stereocenters. The van der Waals surface area contributed by atoms with Crippen molar-refractivity contribution in [2.45, 2.75) is 33.1 Å². The molecule has 1 N–H and O–H groups in total. The molecule has 0 saturated heterocycles. The molecule has 2 heterocycles. The summed E-state index contributed by atoms with van der Waals surface area (Å²) in [6.07, 6.45) is -0.0776. The van der Waals surface area contributed by atoms with E-state index in [-0.39, 0.29) is 12.0 Å². The number of fused-ring (bicyclic) bond motifs is 1. The molecule has 122 valence electrons. The van der Waals surface area contributed by atoms with Gasteiger partial charge >= 0.3 is 0 Å². The number of hydrogen-bond donors (Lipinski definition) is 1. The van der Waals surface area contributed by atoms with Crippen LogP contribution >= 0.6 is 11.6 Å². The highest BCUT2D eigenvalue weighted by atomic mass is 35.5. The minimum absolute atomic E-state index is 0.0776. The zero-order valence-electron chi connectivity index (χ0n) is 13.3. The third kappa shape index (κ3) is 3.74. The average molecular weight is 334 g/mol. The van der Waals surface area contributed by atoms with Gasteiger partial charge in [-0.1, -0.05) is 37.6 Å². The van der Waals surface area contributed by atoms with Gasteiger partial charge in [-0.25, -0.2) is 0 Å². The quantitative estimate of drug-likeness (QED) is 0.934. The fourth-order valence-electron chi connectivity index (χ4n) is 2.50. The zero-order chi connectivity index (χ0) is 16.4. The molecule has 1 aromatic carbocycles. The number of rotatable bonds is 4. The fraction of sp³-hybridized carbons (Fsp3) is 0.412. The second-order valence-corrected chi connectivity index (χ2v) is 6.59. The van der Waals surface area contributed by atoms with Gasteiger partial charge in [-0.2, -0.15) is 5.10 Å². The van der Waals surface area contributed by atoms with E-state index in [4.69, 9.17) is 16.3 Å². The molecule has 0 fully saturated rings. The third-order valence-electron chi connectivity index (χ3n) is 3.78. The molecule has 1 aromatic heterocycles. The molecular formula is C17H20ClN3O2. The van der Waals surface area contributed by atoms with Crippen molar-refractivity contribution in [2.24, 2.45) is 5.92 Å². The van der Waals surface area contributed by atoms with Crippen LogP contribution in [0.1, 0.15) is 41.7 Å². The maximum atomic E-state index is 12.1. The van der Waals surface area contributed by atoms with Crippen molar-refractivity contribution in [3.63, 3.8) is 0 Å². The number of nitrogens with zero attached hydrogens (tertiary/aromatic N) is 2. The number of benzene rings is 1. The Morgan fingerprint density at radius 1 is 1.43 bits per heavy atom. The van der Waals surface area contributed by atoms with Crippen LogP contribution in [0.3, 0.4) is 0 Å². The van der Waals surface area contributed by atoms with Crippen molar-refractivity contribution in [3.8, 4) is 0 Å². The Morgan fingerprint density at radius 2 is 2.17 bits per heavy atom. The van der Waals surface area contributed by atoms with Crippen molar-refractivity contribution in [1.29, 1.82) is 0 Å². The molecule has 6 heteroatoms. The van der Waals surface area contributed by atoms with E-state index in [1.54, 1.807) is 6.07 Å². The largest absolute Gasteiger partial charge is 0.365 e. The van der Waals surface area contributed by atoms with E-state index >= 15 is 0 Å². The Balaban J connectivity index is 1.71. The van der Waals surface area contributed by atoms with Crippen LogP contribution in [0.5, 0.6) is 0 Å². The summed E-state index contributed by atoms with van der Waals surface area (Å²) in [5.74, 6) is 0.275. The molecule has 0 radical (unpaired) electrons. The Kier molecular flexibility index (Phi) is 4.68. The molecule has 5 nitrogen and oxygen atoms in total. The predicted octanol–water partition coefficient (Wildman–Crippen LogP) is 3.19. The highest BCUT2D eigenvalue weighted by Gasteiger charge is 2.24. The molecule has 0 aliphatic carbocycles. The Morgan fingerprint density at radius 3 is 2.87 bits per heavy atom. The van der Waals surface area contributed by atoms with Crippen LogP contribution in [0, 0.1) is 5.92 Å². The van der Waals surface area contributed by atoms with Crippen molar-refractivity contribution in [1.82, 2.24) is 15.1 Å². The van der Waals surface area contributed by atoms with E-state index in [1.165, 1.54) is 0 Å². The number of amides is 1. The van der Waals surface area contributed by atoms with Crippen LogP contribution < -0.4 is 5.32 Å². The lowest BCUT2D eigenvalue weighted by molar-refractivity contribution is -0.00119. The van der Waals surface area contributed by atoms with Crippen molar-refractivity contribution in [3.05, 3.63) is 52.3 Å². The molecule has 2 aromatic rings. The van der Waals surface area contributed by atoms with Gasteiger partial charge in [-0.3, -0.25) is 9.48 Å². The maximum absolute atomic E-state index is 12.1. The van der Waals surface area contributed by atoms with E-state index in [1.807, 2.05) is 28.9 Å². The standard InChI is InChI=1S/C17H20ClN3O2/c1-11(2)8-19-17(22)15-7-14-10-23-16(9-21(14)20-15)12-3-5-13(18)6-4-12/h3-7,11,16H,8-10H2,1-2H3,(H,19,22)/t16-/m0/s1. The summed E-state index contributed by atoms with van der Waals surface area (Å²) in [5, 5.41) is 8.01. The summed E-state index contributed by atoms with van der Waals surface area (Å²) in [4.78, 5) is 12.1. The summed E-state index contributed by atoms with van der Waals surface area (Å²) in [5.41, 5.74) is 2.42. The van der Waals surface area contributed by atoms with E-state index < -0.39 is 0 Å². The minimum Gasteiger partial charge on any atom is -0.365 e. The van der Waals surface area contributed by atoms with Crippen LogP contribution in [-0.2, 0) is 17.9 Å². The molecular weight excluding hydrogens is 314 g/mol. The molecule has 0 bridgehead atoms. The van der Waals surface area contributed by atoms with Crippen LogP contribution in [0.2, 0.25) is 5.02 Å². The molecule has 3 rings (SSSR count). The molecule has 0 saturated carbocycles. The predicted molar refractivity (Wildman–Crippen MR) is 88.4 cm³/mol. The van der Waals surface area contributed by atoms with E-state index in [2.05, 4.69) is 24.3 Å². The number of hydrogen-bond acceptors (Lipinski definition) is 3. The summed E-state index contributed by atoms with van der Waals surface area (Å²) >= 11 is 5.92. The van der Waals surface area contributed by atoms with E-state index in [0.29, 0.717) is 36.3 Å².